The number of hydrogen-bond donors (Lipinski definition) is 1. The van der Waals surface area contributed by atoms with E-state index in [0.717, 1.165) is 24.1 Å². The van der Waals surface area contributed by atoms with Crippen LogP contribution in [0.4, 0.5) is 0 Å². The number of carbonyl (C=O) groups excluding carboxylic acids is 1. The Hall–Kier alpha value is -1.42. The summed E-state index contributed by atoms with van der Waals surface area (Å²) in [6.45, 7) is 4.66. The zero-order chi connectivity index (χ0) is 13.1. The van der Waals surface area contributed by atoms with Crippen LogP contribution in [0.3, 0.4) is 0 Å². The minimum atomic E-state index is -0.0295. The van der Waals surface area contributed by atoms with Crippen molar-refractivity contribution in [2.75, 3.05) is 6.54 Å². The number of pyridine rings is 1. The fraction of sp³-hybridized carbons (Fsp3) is 0.571. The second-order valence-corrected chi connectivity index (χ2v) is 4.91. The van der Waals surface area contributed by atoms with Crippen LogP contribution in [0.2, 0.25) is 0 Å². The first-order valence-electron chi connectivity index (χ1n) is 6.61. The highest BCUT2D eigenvalue weighted by atomic mass is 16.2. The molecule has 2 rings (SSSR count). The van der Waals surface area contributed by atoms with Gasteiger partial charge in [0.15, 0.2) is 0 Å². The molecule has 0 spiro atoms. The molecular weight excluding hydrogens is 226 g/mol. The number of carbonyl (C=O) groups is 1. The van der Waals surface area contributed by atoms with Crippen LogP contribution in [-0.4, -0.2) is 28.4 Å². The summed E-state index contributed by atoms with van der Waals surface area (Å²) in [5.41, 5.74) is 8.28. The summed E-state index contributed by atoms with van der Waals surface area (Å²) >= 11 is 0. The van der Waals surface area contributed by atoms with Gasteiger partial charge in [-0.05, 0) is 38.3 Å². The Morgan fingerprint density at radius 1 is 1.50 bits per heavy atom. The maximum absolute atomic E-state index is 12.1. The molecule has 4 nitrogen and oxygen atoms in total. The minimum Gasteiger partial charge on any atom is -0.334 e. The zero-order valence-electron chi connectivity index (χ0n) is 11.1. The van der Waals surface area contributed by atoms with E-state index in [0.29, 0.717) is 13.0 Å². The molecule has 0 aliphatic carbocycles. The van der Waals surface area contributed by atoms with Crippen LogP contribution >= 0.6 is 0 Å². The highest BCUT2D eigenvalue weighted by Crippen LogP contribution is 2.29. The van der Waals surface area contributed by atoms with Gasteiger partial charge < -0.3 is 10.6 Å². The van der Waals surface area contributed by atoms with Crippen molar-refractivity contribution in [3.63, 3.8) is 0 Å². The molecule has 1 amide bonds. The summed E-state index contributed by atoms with van der Waals surface area (Å²) in [4.78, 5) is 18.3. The molecule has 0 radical (unpaired) electrons. The molecule has 1 aromatic heterocycles. The van der Waals surface area contributed by atoms with Gasteiger partial charge in [-0.2, -0.15) is 0 Å². The maximum atomic E-state index is 12.1. The number of hydrogen-bond acceptors (Lipinski definition) is 3. The van der Waals surface area contributed by atoms with Crippen molar-refractivity contribution >= 4 is 5.91 Å². The summed E-state index contributed by atoms with van der Waals surface area (Å²) < 4.78 is 0. The molecule has 18 heavy (non-hydrogen) atoms. The van der Waals surface area contributed by atoms with Crippen molar-refractivity contribution in [3.8, 4) is 0 Å². The molecule has 2 unspecified atom stereocenters. The molecule has 1 aliphatic rings. The predicted molar refractivity (Wildman–Crippen MR) is 70.9 cm³/mol. The van der Waals surface area contributed by atoms with E-state index in [2.05, 4.69) is 4.98 Å². The second kappa shape index (κ2) is 5.48. The van der Waals surface area contributed by atoms with Gasteiger partial charge in [-0.15, -0.1) is 0 Å². The largest absolute Gasteiger partial charge is 0.334 e. The molecule has 0 saturated carbocycles. The lowest BCUT2D eigenvalue weighted by atomic mass is 9.97. The number of aromatic nitrogens is 1. The van der Waals surface area contributed by atoms with Crippen molar-refractivity contribution < 1.29 is 4.79 Å². The average Bonchev–Trinajstić information content (AvgIpc) is 2.49. The van der Waals surface area contributed by atoms with E-state index >= 15 is 0 Å². The van der Waals surface area contributed by atoms with E-state index in [4.69, 9.17) is 5.73 Å². The third kappa shape index (κ3) is 2.53. The van der Waals surface area contributed by atoms with Gasteiger partial charge >= 0.3 is 0 Å². The van der Waals surface area contributed by atoms with E-state index in [9.17, 15) is 4.79 Å². The van der Waals surface area contributed by atoms with Crippen LogP contribution in [-0.2, 0) is 4.79 Å². The molecule has 2 heterocycles. The fourth-order valence-corrected chi connectivity index (χ4v) is 2.63. The van der Waals surface area contributed by atoms with Crippen molar-refractivity contribution in [3.05, 3.63) is 29.6 Å². The van der Waals surface area contributed by atoms with E-state index < -0.39 is 0 Å². The van der Waals surface area contributed by atoms with Gasteiger partial charge in [-0.1, -0.05) is 6.07 Å². The highest BCUT2D eigenvalue weighted by Gasteiger charge is 2.31. The van der Waals surface area contributed by atoms with Crippen LogP contribution < -0.4 is 5.73 Å². The van der Waals surface area contributed by atoms with Gasteiger partial charge in [0.2, 0.25) is 5.91 Å². The van der Waals surface area contributed by atoms with Crippen LogP contribution in [0.1, 0.15) is 43.5 Å². The first-order valence-corrected chi connectivity index (χ1v) is 6.61. The van der Waals surface area contributed by atoms with E-state index in [1.165, 1.54) is 0 Å². The van der Waals surface area contributed by atoms with Gasteiger partial charge in [-0.25, -0.2) is 0 Å². The smallest absolute Gasteiger partial charge is 0.223 e. The molecule has 0 aromatic carbocycles. The van der Waals surface area contributed by atoms with Crippen LogP contribution in [0.25, 0.3) is 0 Å². The number of likely N-dealkylation sites (tertiary alicyclic amines) is 1. The van der Waals surface area contributed by atoms with E-state index in [1.54, 1.807) is 0 Å². The number of likely N-dealkylation sites (N-methyl/N-ethyl adjacent to an activating group) is 1. The molecule has 1 fully saturated rings. The topological polar surface area (TPSA) is 59.2 Å². The molecule has 98 valence electrons. The summed E-state index contributed by atoms with van der Waals surface area (Å²) in [6.07, 6.45) is 4.23. The molecule has 1 saturated heterocycles. The molecule has 4 heteroatoms. The third-order valence-corrected chi connectivity index (χ3v) is 3.61. The Balaban J connectivity index is 2.35. The summed E-state index contributed by atoms with van der Waals surface area (Å²) in [5, 5.41) is 0. The second-order valence-electron chi connectivity index (χ2n) is 4.91. The first kappa shape index (κ1) is 13.0. The Morgan fingerprint density at radius 3 is 2.89 bits per heavy atom. The Morgan fingerprint density at radius 2 is 2.28 bits per heavy atom. The lowest BCUT2D eigenvalue weighted by Gasteiger charge is -2.33. The van der Waals surface area contributed by atoms with Crippen molar-refractivity contribution in [1.29, 1.82) is 0 Å². The number of nitrogens with two attached hydrogens (primary N) is 1. The highest BCUT2D eigenvalue weighted by molar-refractivity contribution is 5.77. The number of amides is 1. The molecule has 1 aliphatic heterocycles. The van der Waals surface area contributed by atoms with E-state index in [-0.39, 0.29) is 18.0 Å². The van der Waals surface area contributed by atoms with Crippen molar-refractivity contribution in [1.82, 2.24) is 9.88 Å². The minimum absolute atomic E-state index is 0.000839. The molecule has 2 atom stereocenters. The molecule has 1 aromatic rings. The molecule has 2 N–H and O–H groups in total. The number of rotatable bonds is 2. The van der Waals surface area contributed by atoms with Crippen molar-refractivity contribution in [2.45, 2.75) is 45.2 Å². The zero-order valence-corrected chi connectivity index (χ0v) is 11.1. The van der Waals surface area contributed by atoms with E-state index in [1.807, 2.05) is 37.1 Å². The maximum Gasteiger partial charge on any atom is 0.223 e. The SMILES string of the molecule is CCN1C(=O)CCCC(N)C1c1ccc(C)nc1. The Kier molecular flexibility index (Phi) is 3.97. The van der Waals surface area contributed by atoms with Gasteiger partial charge in [0.1, 0.15) is 0 Å². The molecule has 0 bridgehead atoms. The summed E-state index contributed by atoms with van der Waals surface area (Å²) in [6, 6.07) is 3.98. The van der Waals surface area contributed by atoms with Crippen molar-refractivity contribution in [2.24, 2.45) is 5.73 Å². The summed E-state index contributed by atoms with van der Waals surface area (Å²) in [5.74, 6) is 0.205. The summed E-state index contributed by atoms with van der Waals surface area (Å²) in [7, 11) is 0. The quantitative estimate of drug-likeness (QED) is 0.866. The standard InChI is InChI=1S/C14H21N3O/c1-3-17-13(18)6-4-5-12(15)14(17)11-8-7-10(2)16-9-11/h7-9,12,14H,3-6,15H2,1-2H3. The van der Waals surface area contributed by atoms with Crippen LogP contribution in [0, 0.1) is 6.92 Å². The first-order chi connectivity index (χ1) is 8.63. The van der Waals surface area contributed by atoms with Gasteiger partial charge in [-0.3, -0.25) is 9.78 Å². The predicted octanol–water partition coefficient (Wildman–Crippen LogP) is 1.79. The van der Waals surface area contributed by atoms with Gasteiger partial charge in [0.25, 0.3) is 0 Å². The number of nitrogens with zero attached hydrogens (tertiary/aromatic N) is 2. The lowest BCUT2D eigenvalue weighted by Crippen LogP contribution is -2.42. The number of aryl methyl sites for hydroxylation is 1. The van der Waals surface area contributed by atoms with Crippen LogP contribution in [0.5, 0.6) is 0 Å². The lowest BCUT2D eigenvalue weighted by molar-refractivity contribution is -0.133. The fourth-order valence-electron chi connectivity index (χ4n) is 2.63. The van der Waals surface area contributed by atoms with Gasteiger partial charge in [0, 0.05) is 30.9 Å². The van der Waals surface area contributed by atoms with Crippen LogP contribution in [0.15, 0.2) is 18.3 Å². The van der Waals surface area contributed by atoms with Gasteiger partial charge in [0.05, 0.1) is 6.04 Å². The third-order valence-electron chi connectivity index (χ3n) is 3.61. The average molecular weight is 247 g/mol. The normalized spacial score (nSPS) is 25.1. The molecular formula is C14H21N3O. The Labute approximate surface area is 108 Å². The monoisotopic (exact) mass is 247 g/mol. The Bertz CT molecular complexity index is 416.